The van der Waals surface area contributed by atoms with Gasteiger partial charge < -0.3 is 0 Å². The fourth-order valence-corrected chi connectivity index (χ4v) is 9.24. The molecular weight excluding hydrogens is 587 g/mol. The Balaban J connectivity index is 1.39. The third kappa shape index (κ3) is 3.65. The van der Waals surface area contributed by atoms with E-state index in [2.05, 4.69) is 113 Å². The molecule has 1 aliphatic heterocycles. The Hall–Kier alpha value is -5.23. The minimum atomic E-state index is 0.534. The summed E-state index contributed by atoms with van der Waals surface area (Å²) >= 11 is 3.50. The van der Waals surface area contributed by atoms with Crippen molar-refractivity contribution in [2.45, 2.75) is 4.90 Å². The van der Waals surface area contributed by atoms with E-state index in [9.17, 15) is 0 Å². The monoisotopic (exact) mass is 610 g/mol. The predicted molar refractivity (Wildman–Crippen MR) is 193 cm³/mol. The van der Waals surface area contributed by atoms with Crippen LogP contribution < -0.4 is 4.31 Å². The van der Waals surface area contributed by atoms with Gasteiger partial charge in [-0.2, -0.15) is 0 Å². The van der Waals surface area contributed by atoms with Crippen LogP contribution in [0.3, 0.4) is 0 Å². The maximum absolute atomic E-state index is 8.75. The number of fused-ring (bicyclic) bond motifs is 13. The van der Waals surface area contributed by atoms with Gasteiger partial charge in [0.2, 0.25) is 5.95 Å². The van der Waals surface area contributed by atoms with Crippen LogP contribution in [0.5, 0.6) is 0 Å². The summed E-state index contributed by atoms with van der Waals surface area (Å²) < 4.78 is 13.5. The summed E-state index contributed by atoms with van der Waals surface area (Å²) in [5.41, 5.74) is 6.32. The molecule has 5 heteroatoms. The lowest BCUT2D eigenvalue weighted by molar-refractivity contribution is 1.17. The Morgan fingerprint density at radius 3 is 2.18 bits per heavy atom. The van der Waals surface area contributed by atoms with Crippen LogP contribution in [0.15, 0.2) is 144 Å². The van der Waals surface area contributed by atoms with Crippen molar-refractivity contribution in [2.75, 3.05) is 4.31 Å². The van der Waals surface area contributed by atoms with Crippen LogP contribution in [0.1, 0.15) is 1.37 Å². The van der Waals surface area contributed by atoms with E-state index in [1.807, 2.05) is 35.6 Å². The Labute approximate surface area is 269 Å². The van der Waals surface area contributed by atoms with Gasteiger partial charge in [0, 0.05) is 42.4 Å². The Bertz CT molecular complexity index is 2700. The Morgan fingerprint density at radius 2 is 1.29 bits per heavy atom. The van der Waals surface area contributed by atoms with Crippen molar-refractivity contribution < 1.29 is 1.37 Å². The molecular formula is C40H23N3S2. The molecule has 2 aromatic heterocycles. The molecule has 0 saturated heterocycles. The molecule has 1 aliphatic rings. The largest absolute Gasteiger partial charge is 0.246 e. The lowest BCUT2D eigenvalue weighted by Crippen LogP contribution is -2.16. The van der Waals surface area contributed by atoms with E-state index in [1.54, 1.807) is 11.9 Å². The normalized spacial score (nSPS) is 13.1. The zero-order chi connectivity index (χ0) is 30.4. The minimum Gasteiger partial charge on any atom is -0.246 e. The van der Waals surface area contributed by atoms with Crippen molar-refractivity contribution in [3.05, 3.63) is 140 Å². The molecule has 3 heterocycles. The first-order chi connectivity index (χ1) is 22.7. The van der Waals surface area contributed by atoms with Crippen molar-refractivity contribution in [2.24, 2.45) is 0 Å². The van der Waals surface area contributed by atoms with Crippen LogP contribution in [0, 0.1) is 0 Å². The molecule has 0 amide bonds. The second kappa shape index (κ2) is 9.63. The summed E-state index contributed by atoms with van der Waals surface area (Å²) in [4.78, 5) is 11.7. The van der Waals surface area contributed by atoms with E-state index in [-0.39, 0.29) is 0 Å². The second-order valence-corrected chi connectivity index (χ2v) is 13.3. The summed E-state index contributed by atoms with van der Waals surface area (Å²) in [6.45, 7) is 0. The van der Waals surface area contributed by atoms with Gasteiger partial charge in [0.15, 0.2) is 0 Å². The topological polar surface area (TPSA) is 29.0 Å². The number of nitrogens with zero attached hydrogens (tertiary/aromatic N) is 3. The maximum Gasteiger partial charge on any atom is 0.241 e. The summed E-state index contributed by atoms with van der Waals surface area (Å²) in [6.07, 6.45) is 0. The molecule has 0 atom stereocenters. The molecule has 0 N–H and O–H groups in total. The zero-order valence-electron chi connectivity index (χ0n) is 24.9. The van der Waals surface area contributed by atoms with E-state index >= 15 is 0 Å². The number of hydrogen-bond donors (Lipinski definition) is 0. The van der Waals surface area contributed by atoms with Crippen molar-refractivity contribution >= 4 is 87.5 Å². The number of anilines is 2. The van der Waals surface area contributed by atoms with E-state index < -0.39 is 0 Å². The second-order valence-electron chi connectivity index (χ2n) is 11.3. The lowest BCUT2D eigenvalue weighted by Gasteiger charge is -2.32. The van der Waals surface area contributed by atoms with Crippen LogP contribution in [0.4, 0.5) is 11.6 Å². The van der Waals surface area contributed by atoms with E-state index in [1.165, 1.54) is 36.5 Å². The Morgan fingerprint density at radius 1 is 0.578 bits per heavy atom. The highest BCUT2D eigenvalue weighted by atomic mass is 32.2. The average molecular weight is 611 g/mol. The fraction of sp³-hybridized carbons (Fsp3) is 0. The highest BCUT2D eigenvalue weighted by Gasteiger charge is 2.33. The molecule has 3 nitrogen and oxygen atoms in total. The van der Waals surface area contributed by atoms with Gasteiger partial charge in [-0.3, -0.25) is 0 Å². The van der Waals surface area contributed by atoms with E-state index in [0.717, 1.165) is 49.1 Å². The first-order valence-electron chi connectivity index (χ1n) is 15.4. The highest BCUT2D eigenvalue weighted by Crippen LogP contribution is 2.59. The van der Waals surface area contributed by atoms with Gasteiger partial charge in [-0.25, -0.2) is 14.3 Å². The maximum atomic E-state index is 8.75. The molecule has 9 aromatic rings. The average Bonchev–Trinajstić information content (AvgIpc) is 3.51. The van der Waals surface area contributed by atoms with Gasteiger partial charge in [-0.1, -0.05) is 121 Å². The molecule has 0 spiro atoms. The highest BCUT2D eigenvalue weighted by molar-refractivity contribution is 8.01. The van der Waals surface area contributed by atoms with Crippen molar-refractivity contribution in [3.63, 3.8) is 0 Å². The molecule has 45 heavy (non-hydrogen) atoms. The van der Waals surface area contributed by atoms with Crippen molar-refractivity contribution in [1.82, 2.24) is 9.97 Å². The van der Waals surface area contributed by atoms with Crippen LogP contribution in [-0.2, 0) is 0 Å². The number of hydrogen-bond acceptors (Lipinski definition) is 5. The molecule has 7 aromatic carbocycles. The SMILES string of the molecule is [2H]c1cccc2c3c(ccc12)SN(c1nc(-c2ccccc2)c2ccccc2n1)c1c-3c2ccccc2c2c1sc1ccccc12. The van der Waals surface area contributed by atoms with Crippen LogP contribution >= 0.6 is 23.3 Å². The molecule has 0 bridgehead atoms. The zero-order valence-corrected chi connectivity index (χ0v) is 25.5. The first kappa shape index (κ1) is 24.1. The van der Waals surface area contributed by atoms with Gasteiger partial charge in [0.1, 0.15) is 0 Å². The van der Waals surface area contributed by atoms with Gasteiger partial charge in [-0.05, 0) is 51.7 Å². The first-order valence-corrected chi connectivity index (χ1v) is 16.5. The standard InChI is InChI=1S/C40H23N3S2/c1-2-13-25(14-3-1)37-29-18-8-10-20-31(29)41-40(42-37)43-38-36(35-26-15-5-4-12-24(26)22-23-33(35)45-43)28-17-7-6-16-27(28)34-30-19-9-11-21-32(30)44-39(34)38/h1-23H/i12D. The summed E-state index contributed by atoms with van der Waals surface area (Å²) in [6, 6.07) is 47.0. The van der Waals surface area contributed by atoms with Gasteiger partial charge in [-0.15, -0.1) is 11.3 Å². The smallest absolute Gasteiger partial charge is 0.241 e. The van der Waals surface area contributed by atoms with Gasteiger partial charge in [0.05, 0.1) is 23.0 Å². The molecule has 0 aliphatic carbocycles. The number of benzene rings is 7. The third-order valence-electron chi connectivity index (χ3n) is 8.78. The molecule has 210 valence electrons. The van der Waals surface area contributed by atoms with Gasteiger partial charge >= 0.3 is 0 Å². The summed E-state index contributed by atoms with van der Waals surface area (Å²) in [5, 5.41) is 8.01. The van der Waals surface area contributed by atoms with Crippen molar-refractivity contribution in [3.8, 4) is 22.4 Å². The van der Waals surface area contributed by atoms with Crippen LogP contribution in [0.2, 0.25) is 0 Å². The number of rotatable bonds is 2. The number of para-hydroxylation sites is 1. The lowest BCUT2D eigenvalue weighted by atomic mass is 9.90. The van der Waals surface area contributed by atoms with E-state index in [4.69, 9.17) is 11.3 Å². The van der Waals surface area contributed by atoms with Crippen LogP contribution in [0.25, 0.3) is 75.0 Å². The summed E-state index contributed by atoms with van der Waals surface area (Å²) in [7, 11) is 0. The molecule has 0 unspecified atom stereocenters. The molecule has 0 radical (unpaired) electrons. The summed E-state index contributed by atoms with van der Waals surface area (Å²) in [5.74, 6) is 0.651. The minimum absolute atomic E-state index is 0.534. The third-order valence-corrected chi connectivity index (χ3v) is 11.0. The number of thiophene rings is 1. The molecule has 10 rings (SSSR count). The molecule has 0 fully saturated rings. The molecule has 0 saturated carbocycles. The van der Waals surface area contributed by atoms with E-state index in [0.29, 0.717) is 12.0 Å². The predicted octanol–water partition coefficient (Wildman–Crippen LogP) is 11.8. The quantitative estimate of drug-likeness (QED) is 0.182. The fourth-order valence-electron chi connectivity index (χ4n) is 6.86. The van der Waals surface area contributed by atoms with Crippen LogP contribution in [-0.4, -0.2) is 9.97 Å². The van der Waals surface area contributed by atoms with Crippen molar-refractivity contribution in [1.29, 1.82) is 0 Å². The number of aromatic nitrogens is 2. The Kier molecular flexibility index (Phi) is 5.17. The van der Waals surface area contributed by atoms with Gasteiger partial charge in [0.25, 0.3) is 0 Å².